The number of aromatic nitrogens is 2. The molecule has 1 aliphatic rings. The number of carbonyl (C=O) groups is 1. The highest BCUT2D eigenvalue weighted by Gasteiger charge is 2.27. The molecule has 0 atom stereocenters. The molecule has 3 N–H and O–H groups in total. The lowest BCUT2D eigenvalue weighted by molar-refractivity contribution is -0.118. The number of hydrogen-bond acceptors (Lipinski definition) is 5. The normalized spacial score (nSPS) is 13.9. The number of anilines is 2. The molecule has 2 rings (SSSR count). The van der Waals surface area contributed by atoms with Crippen molar-refractivity contribution in [1.82, 2.24) is 15.3 Å². The lowest BCUT2D eigenvalue weighted by atomic mass is 10.3. The van der Waals surface area contributed by atoms with Gasteiger partial charge in [0, 0.05) is 38.5 Å². The van der Waals surface area contributed by atoms with E-state index in [0.717, 1.165) is 30.4 Å². The van der Waals surface area contributed by atoms with Crippen molar-refractivity contribution in [3.05, 3.63) is 11.9 Å². The molecule has 110 valence electrons. The minimum Gasteiger partial charge on any atom is -0.370 e. The first kappa shape index (κ1) is 14.6. The second-order valence-corrected chi connectivity index (χ2v) is 5.11. The largest absolute Gasteiger partial charge is 0.370 e. The molecule has 1 aromatic rings. The van der Waals surface area contributed by atoms with Gasteiger partial charge in [0.25, 0.3) is 0 Å². The summed E-state index contributed by atoms with van der Waals surface area (Å²) < 4.78 is 0. The summed E-state index contributed by atoms with van der Waals surface area (Å²) >= 11 is 0. The maximum Gasteiger partial charge on any atom is 0.216 e. The standard InChI is InChI=1S/C14H23N5O/c1-3-6-16-12-9-13(17-8-7-15-10(2)20)19-14(18-12)11-4-5-11/h9,11H,3-8H2,1-2H3,(H,15,20)(H2,16,17,18,19). The van der Waals surface area contributed by atoms with Crippen LogP contribution in [0.3, 0.4) is 0 Å². The number of hydrogen-bond donors (Lipinski definition) is 3. The van der Waals surface area contributed by atoms with Crippen LogP contribution in [0.25, 0.3) is 0 Å². The van der Waals surface area contributed by atoms with Crippen LogP contribution in [-0.4, -0.2) is 35.5 Å². The fourth-order valence-electron chi connectivity index (χ4n) is 1.85. The average molecular weight is 277 g/mol. The first-order valence-corrected chi connectivity index (χ1v) is 7.30. The summed E-state index contributed by atoms with van der Waals surface area (Å²) in [5.41, 5.74) is 0. The van der Waals surface area contributed by atoms with Gasteiger partial charge in [0.05, 0.1) is 0 Å². The molecule has 0 aromatic carbocycles. The van der Waals surface area contributed by atoms with Crippen molar-refractivity contribution in [2.45, 2.75) is 39.0 Å². The highest BCUT2D eigenvalue weighted by Crippen LogP contribution is 2.38. The van der Waals surface area contributed by atoms with E-state index in [0.29, 0.717) is 19.0 Å². The fourth-order valence-corrected chi connectivity index (χ4v) is 1.85. The second-order valence-electron chi connectivity index (χ2n) is 5.11. The van der Waals surface area contributed by atoms with Crippen LogP contribution in [0.5, 0.6) is 0 Å². The average Bonchev–Trinajstić information content (AvgIpc) is 3.25. The Kier molecular flexibility index (Phi) is 5.15. The maximum absolute atomic E-state index is 10.8. The predicted octanol–water partition coefficient (Wildman–Crippen LogP) is 1.72. The van der Waals surface area contributed by atoms with E-state index in [1.165, 1.54) is 19.8 Å². The van der Waals surface area contributed by atoms with Crippen LogP contribution >= 0.6 is 0 Å². The minimum atomic E-state index is -0.0153. The molecule has 1 fully saturated rings. The summed E-state index contributed by atoms with van der Waals surface area (Å²) in [6, 6.07) is 1.93. The van der Waals surface area contributed by atoms with Crippen molar-refractivity contribution in [3.8, 4) is 0 Å². The van der Waals surface area contributed by atoms with E-state index < -0.39 is 0 Å². The minimum absolute atomic E-state index is 0.0153. The highest BCUT2D eigenvalue weighted by molar-refractivity contribution is 5.72. The van der Waals surface area contributed by atoms with E-state index in [2.05, 4.69) is 32.8 Å². The Balaban J connectivity index is 1.95. The molecule has 1 aliphatic carbocycles. The lowest BCUT2D eigenvalue weighted by Crippen LogP contribution is -2.26. The van der Waals surface area contributed by atoms with Crippen molar-refractivity contribution >= 4 is 17.5 Å². The van der Waals surface area contributed by atoms with Gasteiger partial charge < -0.3 is 16.0 Å². The molecule has 1 aromatic heterocycles. The van der Waals surface area contributed by atoms with Crippen LogP contribution in [0.15, 0.2) is 6.07 Å². The molecular formula is C14H23N5O. The molecule has 0 unspecified atom stereocenters. The summed E-state index contributed by atoms with van der Waals surface area (Å²) in [5.74, 6) is 3.14. The van der Waals surface area contributed by atoms with E-state index in [1.807, 2.05) is 6.07 Å². The molecule has 1 amide bonds. The van der Waals surface area contributed by atoms with Crippen LogP contribution < -0.4 is 16.0 Å². The van der Waals surface area contributed by atoms with E-state index >= 15 is 0 Å². The van der Waals surface area contributed by atoms with Crippen LogP contribution in [0.2, 0.25) is 0 Å². The predicted molar refractivity (Wildman–Crippen MR) is 80.0 cm³/mol. The Bertz CT molecular complexity index is 459. The molecule has 0 radical (unpaired) electrons. The number of nitrogens with zero attached hydrogens (tertiary/aromatic N) is 2. The Hall–Kier alpha value is -1.85. The Labute approximate surface area is 119 Å². The van der Waals surface area contributed by atoms with E-state index in [-0.39, 0.29) is 5.91 Å². The highest BCUT2D eigenvalue weighted by atomic mass is 16.1. The molecular weight excluding hydrogens is 254 g/mol. The van der Waals surface area contributed by atoms with Crippen LogP contribution in [0, 0.1) is 0 Å². The van der Waals surface area contributed by atoms with Crippen molar-refractivity contribution in [1.29, 1.82) is 0 Å². The summed E-state index contributed by atoms with van der Waals surface area (Å²) in [5, 5.41) is 9.29. The molecule has 0 bridgehead atoms. The van der Waals surface area contributed by atoms with E-state index in [1.54, 1.807) is 0 Å². The lowest BCUT2D eigenvalue weighted by Gasteiger charge is -2.11. The third kappa shape index (κ3) is 4.68. The van der Waals surface area contributed by atoms with Crippen LogP contribution in [0.1, 0.15) is 44.9 Å². The van der Waals surface area contributed by atoms with Gasteiger partial charge >= 0.3 is 0 Å². The third-order valence-corrected chi connectivity index (χ3v) is 3.05. The number of rotatable bonds is 8. The summed E-state index contributed by atoms with van der Waals surface area (Å²) in [6.07, 6.45) is 3.43. The van der Waals surface area contributed by atoms with Crippen LogP contribution in [0.4, 0.5) is 11.6 Å². The van der Waals surface area contributed by atoms with Crippen LogP contribution in [-0.2, 0) is 4.79 Å². The van der Waals surface area contributed by atoms with Crippen molar-refractivity contribution in [2.24, 2.45) is 0 Å². The summed E-state index contributed by atoms with van der Waals surface area (Å²) in [4.78, 5) is 19.9. The third-order valence-electron chi connectivity index (χ3n) is 3.05. The van der Waals surface area contributed by atoms with Gasteiger partial charge in [-0.15, -0.1) is 0 Å². The monoisotopic (exact) mass is 277 g/mol. The van der Waals surface area contributed by atoms with Gasteiger partial charge in [0.1, 0.15) is 17.5 Å². The van der Waals surface area contributed by atoms with Gasteiger partial charge in [-0.1, -0.05) is 6.92 Å². The van der Waals surface area contributed by atoms with Gasteiger partial charge in [0.2, 0.25) is 5.91 Å². The molecule has 20 heavy (non-hydrogen) atoms. The molecule has 6 heteroatoms. The zero-order chi connectivity index (χ0) is 14.4. The quantitative estimate of drug-likeness (QED) is 0.631. The van der Waals surface area contributed by atoms with Gasteiger partial charge in [-0.3, -0.25) is 4.79 Å². The summed E-state index contributed by atoms with van der Waals surface area (Å²) in [6.45, 7) is 5.81. The Morgan fingerprint density at radius 1 is 1.20 bits per heavy atom. The molecule has 1 heterocycles. The SMILES string of the molecule is CCCNc1cc(NCCNC(C)=O)nc(C2CC2)n1. The number of carbonyl (C=O) groups excluding carboxylic acids is 1. The van der Waals surface area contributed by atoms with Gasteiger partial charge in [-0.25, -0.2) is 9.97 Å². The van der Waals surface area contributed by atoms with Crippen molar-refractivity contribution < 1.29 is 4.79 Å². The Morgan fingerprint density at radius 2 is 1.85 bits per heavy atom. The zero-order valence-electron chi connectivity index (χ0n) is 12.2. The maximum atomic E-state index is 10.8. The van der Waals surface area contributed by atoms with Gasteiger partial charge in [0.15, 0.2) is 0 Å². The first-order valence-electron chi connectivity index (χ1n) is 7.30. The van der Waals surface area contributed by atoms with Crippen molar-refractivity contribution in [2.75, 3.05) is 30.3 Å². The molecule has 0 spiro atoms. The van der Waals surface area contributed by atoms with E-state index in [9.17, 15) is 4.79 Å². The first-order chi connectivity index (χ1) is 9.69. The van der Waals surface area contributed by atoms with Crippen molar-refractivity contribution in [3.63, 3.8) is 0 Å². The number of nitrogens with one attached hydrogen (secondary N) is 3. The smallest absolute Gasteiger partial charge is 0.216 e. The summed E-state index contributed by atoms with van der Waals surface area (Å²) in [7, 11) is 0. The van der Waals surface area contributed by atoms with E-state index in [4.69, 9.17) is 0 Å². The zero-order valence-corrected chi connectivity index (χ0v) is 12.2. The number of amides is 1. The molecule has 6 nitrogen and oxygen atoms in total. The molecule has 0 saturated heterocycles. The van der Waals surface area contributed by atoms with Gasteiger partial charge in [-0.2, -0.15) is 0 Å². The molecule has 0 aliphatic heterocycles. The fraction of sp³-hybridized carbons (Fsp3) is 0.643. The van der Waals surface area contributed by atoms with Gasteiger partial charge in [-0.05, 0) is 19.3 Å². The molecule has 1 saturated carbocycles. The Morgan fingerprint density at radius 3 is 2.40 bits per heavy atom. The second kappa shape index (κ2) is 7.07. The topological polar surface area (TPSA) is 78.9 Å².